The summed E-state index contributed by atoms with van der Waals surface area (Å²) in [6.07, 6.45) is 6.79. The molecule has 4 aliphatic rings. The molecule has 4 rings (SSSR count). The van der Waals surface area contributed by atoms with Gasteiger partial charge in [0.1, 0.15) is 0 Å². The molecular weight excluding hydrogens is 304 g/mol. The Balaban J connectivity index is 1.67. The first-order valence-corrected chi connectivity index (χ1v) is 9.46. The lowest BCUT2D eigenvalue weighted by atomic mass is 9.67. The lowest BCUT2D eigenvalue weighted by Gasteiger charge is -2.39. The molecule has 0 spiro atoms. The second-order valence-electron chi connectivity index (χ2n) is 9.80. The molecule has 0 bridgehead atoms. The Morgan fingerprint density at radius 1 is 1.04 bits per heavy atom. The number of fused-ring (bicyclic) bond motifs is 3. The molecule has 0 aromatic heterocycles. The Kier molecular flexibility index (Phi) is 3.44. The van der Waals surface area contributed by atoms with Crippen LogP contribution in [0.4, 0.5) is 0 Å². The Morgan fingerprint density at radius 2 is 1.62 bits per heavy atom. The van der Waals surface area contributed by atoms with Gasteiger partial charge in [-0.25, -0.2) is 0 Å². The van der Waals surface area contributed by atoms with Gasteiger partial charge in [-0.2, -0.15) is 0 Å². The largest absolute Gasteiger partial charge is 0.388 e. The first-order chi connectivity index (χ1) is 11.0. The van der Waals surface area contributed by atoms with Crippen LogP contribution in [-0.4, -0.2) is 45.3 Å². The third-order valence-corrected chi connectivity index (χ3v) is 7.42. The number of ether oxygens (including phenoxy) is 2. The van der Waals surface area contributed by atoms with Crippen LogP contribution < -0.4 is 0 Å². The molecule has 7 atom stereocenters. The molecule has 0 aromatic carbocycles. The normalized spacial score (nSPS) is 54.0. The van der Waals surface area contributed by atoms with E-state index in [1.54, 1.807) is 0 Å². The van der Waals surface area contributed by atoms with Crippen molar-refractivity contribution < 1.29 is 19.7 Å². The highest BCUT2D eigenvalue weighted by Gasteiger charge is 2.62. The Hall–Kier alpha value is -0.420. The van der Waals surface area contributed by atoms with Crippen molar-refractivity contribution in [2.45, 2.75) is 102 Å². The van der Waals surface area contributed by atoms with Crippen LogP contribution in [0.1, 0.15) is 66.7 Å². The zero-order valence-electron chi connectivity index (χ0n) is 15.6. The van der Waals surface area contributed by atoms with Crippen molar-refractivity contribution in [3.8, 4) is 0 Å². The van der Waals surface area contributed by atoms with Crippen LogP contribution in [0.5, 0.6) is 0 Å². The third kappa shape index (κ3) is 2.49. The van der Waals surface area contributed by atoms with Crippen LogP contribution in [0.15, 0.2) is 11.6 Å². The van der Waals surface area contributed by atoms with Gasteiger partial charge in [-0.1, -0.05) is 13.0 Å². The van der Waals surface area contributed by atoms with Gasteiger partial charge in [0.15, 0.2) is 0 Å². The van der Waals surface area contributed by atoms with E-state index < -0.39 is 11.7 Å². The fourth-order valence-corrected chi connectivity index (χ4v) is 5.31. The van der Waals surface area contributed by atoms with E-state index in [2.05, 4.69) is 20.8 Å². The van der Waals surface area contributed by atoms with Gasteiger partial charge in [-0.3, -0.25) is 0 Å². The average Bonchev–Trinajstić information content (AvgIpc) is 3.27. The van der Waals surface area contributed by atoms with Crippen LogP contribution in [0.3, 0.4) is 0 Å². The summed E-state index contributed by atoms with van der Waals surface area (Å²) in [7, 11) is 0. The molecule has 4 heteroatoms. The van der Waals surface area contributed by atoms with Crippen molar-refractivity contribution in [1.82, 2.24) is 0 Å². The Bertz CT molecular complexity index is 579. The standard InChI is InChI=1S/C20H32O4/c1-17(2,22)13-10-14(21)18(3)11-16-20(5,24-16)9-7-15-19(4,23-15)8-6-12(13)18/h10,12,14-16,21-22H,6-9,11H2,1-5H3/t12-,14+,15-,16-,18+,19-,20-/m1/s1. The minimum atomic E-state index is -0.901. The van der Waals surface area contributed by atoms with E-state index in [0.29, 0.717) is 6.10 Å². The molecular formula is C20H32O4. The fourth-order valence-electron chi connectivity index (χ4n) is 5.31. The molecule has 24 heavy (non-hydrogen) atoms. The smallest absolute Gasteiger partial charge is 0.0921 e. The van der Waals surface area contributed by atoms with Gasteiger partial charge < -0.3 is 19.7 Å². The summed E-state index contributed by atoms with van der Waals surface area (Å²) in [4.78, 5) is 0. The summed E-state index contributed by atoms with van der Waals surface area (Å²) in [5.41, 5.74) is -0.295. The number of aliphatic hydroxyl groups excluding tert-OH is 1. The Labute approximate surface area is 145 Å². The summed E-state index contributed by atoms with van der Waals surface area (Å²) in [5, 5.41) is 21.5. The van der Waals surface area contributed by atoms with Gasteiger partial charge >= 0.3 is 0 Å². The maximum absolute atomic E-state index is 10.9. The maximum atomic E-state index is 10.9. The van der Waals surface area contributed by atoms with Crippen LogP contribution in [0.25, 0.3) is 0 Å². The molecule has 2 heterocycles. The predicted octanol–water partition coefficient (Wildman–Crippen LogP) is 2.96. The van der Waals surface area contributed by atoms with E-state index in [1.165, 1.54) is 0 Å². The topological polar surface area (TPSA) is 65.5 Å². The summed E-state index contributed by atoms with van der Waals surface area (Å²) < 4.78 is 12.1. The van der Waals surface area contributed by atoms with E-state index in [9.17, 15) is 10.2 Å². The van der Waals surface area contributed by atoms with Gasteiger partial charge in [0, 0.05) is 5.41 Å². The molecule has 0 radical (unpaired) electrons. The SMILES string of the molecule is CC(C)(O)C1=C[C@H](O)[C@@]2(C)C[C@H]3O[C@]3(C)CC[C@H]3O[C@]3(C)CC[C@H]12. The number of epoxide rings is 2. The molecule has 0 aromatic rings. The van der Waals surface area contributed by atoms with Gasteiger partial charge in [0.2, 0.25) is 0 Å². The molecule has 2 aliphatic heterocycles. The molecule has 136 valence electrons. The molecule has 2 aliphatic carbocycles. The van der Waals surface area contributed by atoms with E-state index in [1.807, 2.05) is 19.9 Å². The highest BCUT2D eigenvalue weighted by Crippen LogP contribution is 2.59. The van der Waals surface area contributed by atoms with Gasteiger partial charge in [-0.15, -0.1) is 0 Å². The van der Waals surface area contributed by atoms with E-state index in [4.69, 9.17) is 9.47 Å². The number of rotatable bonds is 1. The zero-order valence-corrected chi connectivity index (χ0v) is 15.6. The molecule has 1 saturated carbocycles. The third-order valence-electron chi connectivity index (χ3n) is 7.42. The van der Waals surface area contributed by atoms with Crippen LogP contribution in [0.2, 0.25) is 0 Å². The zero-order chi connectivity index (χ0) is 17.5. The predicted molar refractivity (Wildman–Crippen MR) is 91.6 cm³/mol. The summed E-state index contributed by atoms with van der Waals surface area (Å²) in [5.74, 6) is 0.167. The van der Waals surface area contributed by atoms with Gasteiger partial charge in [-0.05, 0) is 71.3 Å². The molecule has 3 fully saturated rings. The molecule has 0 amide bonds. The molecule has 0 unspecified atom stereocenters. The quantitative estimate of drug-likeness (QED) is 0.571. The van der Waals surface area contributed by atoms with E-state index in [-0.39, 0.29) is 28.6 Å². The van der Waals surface area contributed by atoms with Crippen molar-refractivity contribution >= 4 is 0 Å². The first-order valence-electron chi connectivity index (χ1n) is 9.46. The molecule has 2 N–H and O–H groups in total. The maximum Gasteiger partial charge on any atom is 0.0921 e. The molecule has 2 saturated heterocycles. The minimum absolute atomic E-state index is 0.0375. The highest BCUT2D eigenvalue weighted by molar-refractivity contribution is 5.31. The van der Waals surface area contributed by atoms with Crippen molar-refractivity contribution in [2.24, 2.45) is 11.3 Å². The van der Waals surface area contributed by atoms with Crippen LogP contribution >= 0.6 is 0 Å². The van der Waals surface area contributed by atoms with Crippen molar-refractivity contribution in [1.29, 1.82) is 0 Å². The fraction of sp³-hybridized carbons (Fsp3) is 0.900. The first kappa shape index (κ1) is 17.0. The van der Waals surface area contributed by atoms with Crippen molar-refractivity contribution in [3.05, 3.63) is 11.6 Å². The summed E-state index contributed by atoms with van der Waals surface area (Å²) in [6.45, 7) is 10.2. The number of hydrogen-bond donors (Lipinski definition) is 2. The second-order valence-corrected chi connectivity index (χ2v) is 9.80. The van der Waals surface area contributed by atoms with Crippen molar-refractivity contribution in [3.63, 3.8) is 0 Å². The minimum Gasteiger partial charge on any atom is -0.388 e. The monoisotopic (exact) mass is 336 g/mol. The van der Waals surface area contributed by atoms with Gasteiger partial charge in [0.05, 0.1) is 35.1 Å². The number of hydrogen-bond acceptors (Lipinski definition) is 4. The van der Waals surface area contributed by atoms with Crippen LogP contribution in [-0.2, 0) is 9.47 Å². The van der Waals surface area contributed by atoms with Crippen molar-refractivity contribution in [2.75, 3.05) is 0 Å². The highest BCUT2D eigenvalue weighted by atomic mass is 16.6. The van der Waals surface area contributed by atoms with Crippen LogP contribution in [0, 0.1) is 11.3 Å². The average molecular weight is 336 g/mol. The Morgan fingerprint density at radius 3 is 2.29 bits per heavy atom. The lowest BCUT2D eigenvalue weighted by molar-refractivity contribution is 0.0238. The number of aliphatic hydroxyl groups is 2. The summed E-state index contributed by atoms with van der Waals surface area (Å²) >= 11 is 0. The van der Waals surface area contributed by atoms with E-state index in [0.717, 1.165) is 37.7 Å². The molecule has 4 nitrogen and oxygen atoms in total. The second kappa shape index (κ2) is 4.85. The lowest BCUT2D eigenvalue weighted by Crippen LogP contribution is -2.39. The van der Waals surface area contributed by atoms with Gasteiger partial charge in [0.25, 0.3) is 0 Å². The van der Waals surface area contributed by atoms with E-state index >= 15 is 0 Å². The summed E-state index contributed by atoms with van der Waals surface area (Å²) in [6, 6.07) is 0.